The van der Waals surface area contributed by atoms with Gasteiger partial charge in [-0.2, -0.15) is 30.6 Å². The Hall–Kier alpha value is -0.420. The van der Waals surface area contributed by atoms with Crippen LogP contribution in [0.4, 0.5) is 13.2 Å². The van der Waals surface area contributed by atoms with Crippen molar-refractivity contribution >= 4 is 10.2 Å². The molecule has 1 saturated heterocycles. The Balaban J connectivity index is 2.49. The number of aliphatic hydroxyl groups excluding tert-OH is 1. The molecule has 10 heteroatoms. The lowest BCUT2D eigenvalue weighted by Gasteiger charge is -2.26. The van der Waals surface area contributed by atoms with E-state index in [0.717, 1.165) is 4.31 Å². The van der Waals surface area contributed by atoms with Crippen molar-refractivity contribution in [3.05, 3.63) is 0 Å². The predicted octanol–water partition coefficient (Wildman–Crippen LogP) is -0.924. The topological polar surface area (TPSA) is 78.9 Å². The zero-order valence-corrected chi connectivity index (χ0v) is 9.59. The molecule has 0 spiro atoms. The molecular formula is C7H13F3N2O4S. The molecule has 1 heterocycles. The first-order valence-electron chi connectivity index (χ1n) is 4.81. The quantitative estimate of drug-likeness (QED) is 0.697. The van der Waals surface area contributed by atoms with Crippen molar-refractivity contribution in [1.29, 1.82) is 0 Å². The molecule has 0 saturated carbocycles. The number of nitrogens with zero attached hydrogens (tertiary/aromatic N) is 1. The molecule has 1 aliphatic rings. The maximum Gasteiger partial charge on any atom is 0.415 e. The lowest BCUT2D eigenvalue weighted by Crippen LogP contribution is -2.49. The summed E-state index contributed by atoms with van der Waals surface area (Å²) in [4.78, 5) is 0. The Morgan fingerprint density at radius 1 is 1.35 bits per heavy atom. The molecule has 1 unspecified atom stereocenters. The summed E-state index contributed by atoms with van der Waals surface area (Å²) in [5.74, 6) is 0. The second-order valence-electron chi connectivity index (χ2n) is 3.42. The number of nitrogens with one attached hydrogen (secondary N) is 1. The van der Waals surface area contributed by atoms with Gasteiger partial charge in [-0.05, 0) is 0 Å². The van der Waals surface area contributed by atoms with Gasteiger partial charge in [0.25, 0.3) is 10.2 Å². The molecule has 1 aliphatic heterocycles. The van der Waals surface area contributed by atoms with Gasteiger partial charge >= 0.3 is 6.18 Å². The van der Waals surface area contributed by atoms with Crippen LogP contribution < -0.4 is 4.72 Å². The van der Waals surface area contributed by atoms with Crippen LogP contribution in [0.5, 0.6) is 0 Å². The third-order valence-corrected chi connectivity index (χ3v) is 3.72. The average Bonchev–Trinajstić information content (AvgIpc) is 2.26. The molecule has 0 amide bonds. The summed E-state index contributed by atoms with van der Waals surface area (Å²) in [6.45, 7) is -0.538. The average molecular weight is 278 g/mol. The second kappa shape index (κ2) is 5.48. The van der Waals surface area contributed by atoms with Gasteiger partial charge in [-0.15, -0.1) is 0 Å². The van der Waals surface area contributed by atoms with Crippen LogP contribution in [0, 0.1) is 0 Å². The molecule has 1 fully saturated rings. The molecule has 102 valence electrons. The number of aliphatic hydroxyl groups is 1. The maximum atomic E-state index is 11.9. The van der Waals surface area contributed by atoms with Crippen LogP contribution in [0.25, 0.3) is 0 Å². The standard InChI is InChI=1S/C7H13F3N2O4S/c8-7(9,10)6(13)5-11-17(14,15)12-1-3-16-4-2-12/h6,11,13H,1-5H2. The van der Waals surface area contributed by atoms with Crippen LogP contribution in [0.15, 0.2) is 0 Å². The van der Waals surface area contributed by atoms with Gasteiger partial charge in [0.1, 0.15) is 0 Å². The van der Waals surface area contributed by atoms with E-state index in [0.29, 0.717) is 0 Å². The maximum absolute atomic E-state index is 11.9. The predicted molar refractivity (Wildman–Crippen MR) is 51.4 cm³/mol. The zero-order chi connectivity index (χ0) is 13.1. The first kappa shape index (κ1) is 14.6. The van der Waals surface area contributed by atoms with Gasteiger partial charge < -0.3 is 9.84 Å². The summed E-state index contributed by atoms with van der Waals surface area (Å²) in [7, 11) is -4.00. The van der Waals surface area contributed by atoms with Crippen LogP contribution in [-0.4, -0.2) is 63.0 Å². The number of halogens is 3. The van der Waals surface area contributed by atoms with Crippen LogP contribution in [0.2, 0.25) is 0 Å². The zero-order valence-electron chi connectivity index (χ0n) is 8.77. The number of rotatable bonds is 4. The molecule has 0 radical (unpaired) electrons. The van der Waals surface area contributed by atoms with E-state index >= 15 is 0 Å². The molecule has 17 heavy (non-hydrogen) atoms. The summed E-state index contributed by atoms with van der Waals surface area (Å²) in [6.07, 6.45) is -7.55. The normalized spacial score (nSPS) is 21.4. The molecule has 0 bridgehead atoms. The number of alkyl halides is 3. The van der Waals surface area contributed by atoms with Crippen molar-refractivity contribution in [3.63, 3.8) is 0 Å². The van der Waals surface area contributed by atoms with Crippen LogP contribution in [0.1, 0.15) is 0 Å². The lowest BCUT2D eigenvalue weighted by molar-refractivity contribution is -0.200. The lowest BCUT2D eigenvalue weighted by atomic mass is 10.4. The highest BCUT2D eigenvalue weighted by molar-refractivity contribution is 7.87. The van der Waals surface area contributed by atoms with Crippen molar-refractivity contribution in [2.45, 2.75) is 12.3 Å². The number of hydrogen-bond acceptors (Lipinski definition) is 4. The first-order valence-corrected chi connectivity index (χ1v) is 6.25. The van der Waals surface area contributed by atoms with Crippen molar-refractivity contribution < 1.29 is 31.4 Å². The van der Waals surface area contributed by atoms with Crippen molar-refractivity contribution in [2.24, 2.45) is 0 Å². The van der Waals surface area contributed by atoms with E-state index in [-0.39, 0.29) is 26.3 Å². The Kier molecular flexibility index (Phi) is 4.72. The van der Waals surface area contributed by atoms with Crippen molar-refractivity contribution in [1.82, 2.24) is 9.03 Å². The number of hydrogen-bond donors (Lipinski definition) is 2. The smallest absolute Gasteiger partial charge is 0.382 e. The van der Waals surface area contributed by atoms with Gasteiger partial charge in [-0.3, -0.25) is 0 Å². The van der Waals surface area contributed by atoms with E-state index in [1.807, 2.05) is 0 Å². The van der Waals surface area contributed by atoms with Crippen molar-refractivity contribution in [2.75, 3.05) is 32.8 Å². The fourth-order valence-corrected chi connectivity index (χ4v) is 2.36. The largest absolute Gasteiger partial charge is 0.415 e. The highest BCUT2D eigenvalue weighted by Crippen LogP contribution is 2.19. The first-order chi connectivity index (χ1) is 7.73. The molecule has 1 rings (SSSR count). The fourth-order valence-electron chi connectivity index (χ4n) is 1.18. The van der Waals surface area contributed by atoms with Crippen LogP contribution in [-0.2, 0) is 14.9 Å². The van der Waals surface area contributed by atoms with Crippen LogP contribution in [0.3, 0.4) is 0 Å². The SMILES string of the molecule is O=S(=O)(NCC(O)C(F)(F)F)N1CCOCC1. The Morgan fingerprint density at radius 3 is 2.35 bits per heavy atom. The molecule has 1 atom stereocenters. The highest BCUT2D eigenvalue weighted by atomic mass is 32.2. The monoisotopic (exact) mass is 278 g/mol. The molecule has 6 nitrogen and oxygen atoms in total. The number of ether oxygens (including phenoxy) is 1. The van der Waals surface area contributed by atoms with Gasteiger partial charge in [0.2, 0.25) is 0 Å². The Labute approximate surface area is 96.5 Å². The van der Waals surface area contributed by atoms with E-state index in [1.165, 1.54) is 0 Å². The molecule has 0 aliphatic carbocycles. The number of morpholine rings is 1. The van der Waals surface area contributed by atoms with Gasteiger partial charge in [0.05, 0.1) is 13.2 Å². The second-order valence-corrected chi connectivity index (χ2v) is 5.18. The fraction of sp³-hybridized carbons (Fsp3) is 1.00. The van der Waals surface area contributed by atoms with E-state index in [9.17, 15) is 21.6 Å². The van der Waals surface area contributed by atoms with Crippen molar-refractivity contribution in [3.8, 4) is 0 Å². The summed E-state index contributed by atoms with van der Waals surface area (Å²) in [5, 5.41) is 8.65. The highest BCUT2D eigenvalue weighted by Gasteiger charge is 2.39. The third-order valence-electron chi connectivity index (χ3n) is 2.15. The Morgan fingerprint density at radius 2 is 1.88 bits per heavy atom. The van der Waals surface area contributed by atoms with E-state index in [1.54, 1.807) is 4.72 Å². The summed E-state index contributed by atoms with van der Waals surface area (Å²) >= 11 is 0. The molecular weight excluding hydrogens is 265 g/mol. The summed E-state index contributed by atoms with van der Waals surface area (Å²) in [6, 6.07) is 0. The minimum Gasteiger partial charge on any atom is -0.382 e. The molecule has 0 aromatic carbocycles. The molecule has 0 aromatic heterocycles. The summed E-state index contributed by atoms with van der Waals surface area (Å²) in [5.41, 5.74) is 0. The van der Waals surface area contributed by atoms with Gasteiger partial charge in [0.15, 0.2) is 6.10 Å². The van der Waals surface area contributed by atoms with E-state index < -0.39 is 29.0 Å². The Bertz CT molecular complexity index is 340. The minimum absolute atomic E-state index is 0.0808. The van der Waals surface area contributed by atoms with Gasteiger partial charge in [0, 0.05) is 19.6 Å². The van der Waals surface area contributed by atoms with E-state index in [2.05, 4.69) is 0 Å². The van der Waals surface area contributed by atoms with Gasteiger partial charge in [-0.25, -0.2) is 0 Å². The molecule has 0 aromatic rings. The summed E-state index contributed by atoms with van der Waals surface area (Å²) < 4.78 is 66.4. The third kappa shape index (κ3) is 4.39. The van der Waals surface area contributed by atoms with E-state index in [4.69, 9.17) is 9.84 Å². The van der Waals surface area contributed by atoms with Gasteiger partial charge in [-0.1, -0.05) is 0 Å². The molecule has 2 N–H and O–H groups in total. The van der Waals surface area contributed by atoms with Crippen LogP contribution >= 0.6 is 0 Å². The minimum atomic E-state index is -4.84.